The third kappa shape index (κ3) is 9.85. The normalized spacial score (nSPS) is 20.5. The molecule has 2 unspecified atom stereocenters. The monoisotopic (exact) mass is 346 g/mol. The van der Waals surface area contributed by atoms with Crippen LogP contribution in [0, 0.1) is 11.8 Å². The van der Waals surface area contributed by atoms with E-state index in [1.54, 1.807) is 0 Å². The van der Waals surface area contributed by atoms with E-state index in [0.29, 0.717) is 12.8 Å². The Morgan fingerprint density at radius 1 is 1.00 bits per heavy atom. The second-order valence-corrected chi connectivity index (χ2v) is 6.47. The summed E-state index contributed by atoms with van der Waals surface area (Å²) in [4.78, 5) is 23.1. The van der Waals surface area contributed by atoms with E-state index in [0.717, 1.165) is 19.3 Å². The first kappa shape index (κ1) is 23.7. The second-order valence-electron chi connectivity index (χ2n) is 6.47. The van der Waals surface area contributed by atoms with Gasteiger partial charge in [0, 0.05) is 11.9 Å². The van der Waals surface area contributed by atoms with Crippen LogP contribution in [0.5, 0.6) is 0 Å². The van der Waals surface area contributed by atoms with Crippen LogP contribution < -0.4 is 34.7 Å². The van der Waals surface area contributed by atoms with E-state index in [2.05, 4.69) is 6.92 Å². The molecule has 0 saturated heterocycles. The fourth-order valence-corrected chi connectivity index (χ4v) is 3.16. The summed E-state index contributed by atoms with van der Waals surface area (Å²) in [5, 5.41) is 11.1. The van der Waals surface area contributed by atoms with Gasteiger partial charge in [-0.15, -0.1) is 0 Å². The molecule has 0 bridgehead atoms. The molecule has 1 rings (SSSR count). The summed E-state index contributed by atoms with van der Waals surface area (Å²) in [6, 6.07) is 0. The molecule has 1 fully saturated rings. The van der Waals surface area contributed by atoms with Crippen LogP contribution in [0.25, 0.3) is 0 Å². The first-order valence-electron chi connectivity index (χ1n) is 9.19. The van der Waals surface area contributed by atoms with Gasteiger partial charge in [0.25, 0.3) is 0 Å². The molecule has 0 spiro atoms. The molecule has 1 aliphatic carbocycles. The molecule has 1 saturated carbocycles. The summed E-state index contributed by atoms with van der Waals surface area (Å²) in [6.45, 7) is 2.46. The van der Waals surface area contributed by atoms with E-state index >= 15 is 0 Å². The van der Waals surface area contributed by atoms with E-state index in [9.17, 15) is 14.7 Å². The van der Waals surface area contributed by atoms with Crippen molar-refractivity contribution in [2.24, 2.45) is 11.8 Å². The van der Waals surface area contributed by atoms with Crippen LogP contribution >= 0.6 is 0 Å². The molecule has 0 amide bonds. The molecule has 0 aromatic heterocycles. The third-order valence-corrected chi connectivity index (χ3v) is 4.58. The van der Waals surface area contributed by atoms with Gasteiger partial charge >= 0.3 is 35.5 Å². The van der Waals surface area contributed by atoms with Crippen molar-refractivity contribution < 1.29 is 49.0 Å². The number of carbonyl (C=O) groups excluding carboxylic acids is 2. The Hall–Kier alpha value is -0.320. The Morgan fingerprint density at radius 2 is 1.62 bits per heavy atom. The number of allylic oxidation sites excluding steroid dienone is 1. The Morgan fingerprint density at radius 3 is 2.29 bits per heavy atom. The number of carbonyl (C=O) groups is 2. The van der Waals surface area contributed by atoms with Gasteiger partial charge in [-0.1, -0.05) is 64.0 Å². The number of unbranched alkanes of at least 4 members (excludes halogenated alkanes) is 6. The molecule has 0 aliphatic heterocycles. The van der Waals surface area contributed by atoms with Crippen molar-refractivity contribution >= 4 is 11.9 Å². The van der Waals surface area contributed by atoms with Crippen molar-refractivity contribution in [3.8, 4) is 0 Å². The van der Waals surface area contributed by atoms with Gasteiger partial charge < -0.3 is 14.6 Å². The molecule has 0 aromatic carbocycles. The van der Waals surface area contributed by atoms with E-state index in [1.807, 2.05) is 12.2 Å². The minimum atomic E-state index is -1.12. The fourth-order valence-electron chi connectivity index (χ4n) is 3.16. The number of aliphatic carboxylic acids is 1. The smallest absolute Gasteiger partial charge is 0.550 e. The van der Waals surface area contributed by atoms with Gasteiger partial charge in [-0.25, -0.2) is 0 Å². The van der Waals surface area contributed by atoms with Crippen LogP contribution in [-0.4, -0.2) is 18.5 Å². The molecule has 2 atom stereocenters. The van der Waals surface area contributed by atoms with Crippen LogP contribution in [0.1, 0.15) is 77.6 Å². The van der Waals surface area contributed by atoms with Crippen molar-refractivity contribution in [1.29, 1.82) is 0 Å². The van der Waals surface area contributed by atoms with Crippen LogP contribution in [-0.2, 0) is 14.3 Å². The van der Waals surface area contributed by atoms with Crippen molar-refractivity contribution in [2.75, 3.05) is 6.61 Å². The molecule has 132 valence electrons. The van der Waals surface area contributed by atoms with Crippen LogP contribution in [0.2, 0.25) is 0 Å². The Balaban J connectivity index is 0.00000529. The zero-order valence-electron chi connectivity index (χ0n) is 15.4. The Kier molecular flexibility index (Phi) is 14.8. The van der Waals surface area contributed by atoms with Gasteiger partial charge in [-0.3, -0.25) is 4.79 Å². The molecule has 5 heteroatoms. The summed E-state index contributed by atoms with van der Waals surface area (Å²) in [5.41, 5.74) is 0. The van der Waals surface area contributed by atoms with Gasteiger partial charge in [0.15, 0.2) is 0 Å². The average Bonchev–Trinajstić information content (AvgIpc) is 2.56. The molecular weight excluding hydrogens is 315 g/mol. The number of carboxylic acids is 1. The zero-order chi connectivity index (χ0) is 16.9. The third-order valence-electron chi connectivity index (χ3n) is 4.58. The number of carboxylic acid groups (broad SMARTS) is 1. The molecule has 0 aromatic rings. The number of ether oxygens (including phenoxy) is 1. The predicted octanol–water partition coefficient (Wildman–Crippen LogP) is 0.397. The van der Waals surface area contributed by atoms with E-state index in [-0.39, 0.29) is 42.1 Å². The molecule has 4 nitrogen and oxygen atoms in total. The van der Waals surface area contributed by atoms with Crippen molar-refractivity contribution in [3.05, 3.63) is 12.2 Å². The Labute approximate surface area is 168 Å². The zero-order valence-corrected chi connectivity index (χ0v) is 17.4. The first-order valence-corrected chi connectivity index (χ1v) is 9.19. The topological polar surface area (TPSA) is 66.4 Å². The van der Waals surface area contributed by atoms with Crippen LogP contribution in [0.15, 0.2) is 12.2 Å². The summed E-state index contributed by atoms with van der Waals surface area (Å²) in [7, 11) is 0. The Bertz CT molecular complexity index is 382. The number of hydrogen-bond donors (Lipinski definition) is 0. The van der Waals surface area contributed by atoms with Crippen molar-refractivity contribution in [1.82, 2.24) is 0 Å². The number of esters is 1. The molecule has 0 heterocycles. The summed E-state index contributed by atoms with van der Waals surface area (Å²) < 4.78 is 5.20. The minimum absolute atomic E-state index is 0. The van der Waals surface area contributed by atoms with Gasteiger partial charge in [0.1, 0.15) is 6.61 Å². The number of hydrogen-bond acceptors (Lipinski definition) is 4. The minimum Gasteiger partial charge on any atom is -0.550 e. The molecule has 1 aliphatic rings. The maximum absolute atomic E-state index is 12.0. The van der Waals surface area contributed by atoms with Gasteiger partial charge in [0.2, 0.25) is 0 Å². The molecule has 24 heavy (non-hydrogen) atoms. The first-order chi connectivity index (χ1) is 11.2. The van der Waals surface area contributed by atoms with Gasteiger partial charge in [0.05, 0.1) is 5.92 Å². The largest absolute Gasteiger partial charge is 1.00 e. The quantitative estimate of drug-likeness (QED) is 0.235. The maximum atomic E-state index is 12.0. The standard InChI is InChI=1S/C19H32O4.Na/c1-2-3-4-5-6-7-8-9-12-15-23-19(22)17-14-11-10-13-16(17)18(20)21;/h9,12,16-17H,2-8,10-11,13-15H2,1H3,(H,20,21);/q;+1/p-1/b12-9+;. The van der Waals surface area contributed by atoms with E-state index < -0.39 is 17.8 Å². The van der Waals surface area contributed by atoms with Gasteiger partial charge in [-0.05, 0) is 25.7 Å². The second kappa shape index (κ2) is 15.0. The van der Waals surface area contributed by atoms with Crippen molar-refractivity contribution in [3.63, 3.8) is 0 Å². The molecular formula is C19H31NaO4. The summed E-state index contributed by atoms with van der Waals surface area (Å²) in [6.07, 6.45) is 15.4. The SMILES string of the molecule is CCCCCCCC/C=C/COC(=O)C1CCCCC1C(=O)[O-].[Na+]. The average molecular weight is 346 g/mol. The van der Waals surface area contributed by atoms with Gasteiger partial charge in [-0.2, -0.15) is 0 Å². The summed E-state index contributed by atoms with van der Waals surface area (Å²) >= 11 is 0. The summed E-state index contributed by atoms with van der Waals surface area (Å²) in [5.74, 6) is -2.71. The van der Waals surface area contributed by atoms with Crippen LogP contribution in [0.4, 0.5) is 0 Å². The van der Waals surface area contributed by atoms with Crippen molar-refractivity contribution in [2.45, 2.75) is 77.6 Å². The van der Waals surface area contributed by atoms with E-state index in [1.165, 1.54) is 38.5 Å². The van der Waals surface area contributed by atoms with E-state index in [4.69, 9.17) is 4.74 Å². The van der Waals surface area contributed by atoms with Crippen LogP contribution in [0.3, 0.4) is 0 Å². The molecule has 0 N–H and O–H groups in total. The predicted molar refractivity (Wildman–Crippen MR) is 88.5 cm³/mol. The number of rotatable bonds is 11. The fraction of sp³-hybridized carbons (Fsp3) is 0.789. The molecule has 0 radical (unpaired) electrons. The maximum Gasteiger partial charge on any atom is 1.00 e.